The lowest BCUT2D eigenvalue weighted by atomic mass is 10.0. The smallest absolute Gasteiger partial charge is 0.243 e. The molecule has 0 saturated carbocycles. The van der Waals surface area contributed by atoms with Gasteiger partial charge in [0.25, 0.3) is 0 Å². The quantitative estimate of drug-likeness (QED) is 0.297. The van der Waals surface area contributed by atoms with Crippen molar-refractivity contribution in [3.8, 4) is 12.3 Å². The Morgan fingerprint density at radius 3 is 2.96 bits per heavy atom. The molecule has 1 amide bonds. The number of aliphatic imine (C=N–C) groups is 1. The standard InChI is InChI=1S/C20H24N6O.HI/c1-4-15-6-5-7-18(10-15)24-19(27)12-22-20(21-2)26-9-8-16(14-26)17-11-23-25(3)13-17;/h1,5-7,10-11,13,16H,8-9,12,14H2,2-3H3,(H,21,22)(H,24,27);1H. The van der Waals surface area contributed by atoms with E-state index in [2.05, 4.69) is 37.7 Å². The third-order valence-electron chi connectivity index (χ3n) is 4.62. The summed E-state index contributed by atoms with van der Waals surface area (Å²) in [7, 11) is 3.66. The minimum Gasteiger partial charge on any atom is -0.347 e. The van der Waals surface area contributed by atoms with Crippen LogP contribution in [0.2, 0.25) is 0 Å². The molecule has 2 heterocycles. The maximum Gasteiger partial charge on any atom is 0.243 e. The van der Waals surface area contributed by atoms with Gasteiger partial charge in [-0.1, -0.05) is 12.0 Å². The molecule has 1 aromatic carbocycles. The van der Waals surface area contributed by atoms with E-state index in [9.17, 15) is 4.79 Å². The summed E-state index contributed by atoms with van der Waals surface area (Å²) >= 11 is 0. The molecule has 28 heavy (non-hydrogen) atoms. The largest absolute Gasteiger partial charge is 0.347 e. The predicted molar refractivity (Wildman–Crippen MR) is 122 cm³/mol. The van der Waals surface area contributed by atoms with Gasteiger partial charge in [-0.05, 0) is 30.2 Å². The first-order chi connectivity index (χ1) is 13.1. The topological polar surface area (TPSA) is 74.6 Å². The van der Waals surface area contributed by atoms with Crippen molar-refractivity contribution in [1.29, 1.82) is 0 Å². The zero-order valence-corrected chi connectivity index (χ0v) is 18.4. The Hall–Kier alpha value is -2.54. The first-order valence-electron chi connectivity index (χ1n) is 8.89. The third kappa shape index (κ3) is 5.48. The molecule has 0 radical (unpaired) electrons. The Labute approximate surface area is 182 Å². The van der Waals surface area contributed by atoms with Crippen molar-refractivity contribution in [1.82, 2.24) is 20.0 Å². The van der Waals surface area contributed by atoms with Crippen LogP contribution in [0.25, 0.3) is 0 Å². The lowest BCUT2D eigenvalue weighted by Gasteiger charge is -2.21. The molecule has 1 fully saturated rings. The average molecular weight is 492 g/mol. The Morgan fingerprint density at radius 2 is 2.29 bits per heavy atom. The summed E-state index contributed by atoms with van der Waals surface area (Å²) in [5.41, 5.74) is 2.65. The molecule has 7 nitrogen and oxygen atoms in total. The Balaban J connectivity index is 0.00000280. The second-order valence-corrected chi connectivity index (χ2v) is 6.55. The molecule has 2 N–H and O–H groups in total. The Kier molecular flexibility index (Phi) is 7.87. The second kappa shape index (κ2) is 10.1. The molecule has 0 aliphatic carbocycles. The summed E-state index contributed by atoms with van der Waals surface area (Å²) in [5, 5.41) is 10.2. The molecule has 0 bridgehead atoms. The summed E-state index contributed by atoms with van der Waals surface area (Å²) < 4.78 is 1.82. The van der Waals surface area contributed by atoms with Crippen molar-refractivity contribution in [2.75, 3.05) is 32.0 Å². The van der Waals surface area contributed by atoms with E-state index in [0.717, 1.165) is 31.0 Å². The van der Waals surface area contributed by atoms with Crippen LogP contribution in [0.1, 0.15) is 23.5 Å². The first kappa shape index (κ1) is 21.8. The third-order valence-corrected chi connectivity index (χ3v) is 4.62. The van der Waals surface area contributed by atoms with Gasteiger partial charge in [-0.15, -0.1) is 30.4 Å². The van der Waals surface area contributed by atoms with Gasteiger partial charge in [-0.25, -0.2) is 0 Å². The first-order valence-corrected chi connectivity index (χ1v) is 8.89. The van der Waals surface area contributed by atoms with Crippen LogP contribution in [0.4, 0.5) is 5.69 Å². The Morgan fingerprint density at radius 1 is 1.46 bits per heavy atom. The normalized spacial score (nSPS) is 16.2. The summed E-state index contributed by atoms with van der Waals surface area (Å²) in [6, 6.07) is 7.22. The van der Waals surface area contributed by atoms with Crippen LogP contribution < -0.4 is 10.6 Å². The van der Waals surface area contributed by atoms with E-state index in [4.69, 9.17) is 6.42 Å². The zero-order chi connectivity index (χ0) is 19.2. The number of hydrogen-bond acceptors (Lipinski definition) is 3. The number of amides is 1. The number of carbonyl (C=O) groups is 1. The van der Waals surface area contributed by atoms with Crippen LogP contribution >= 0.6 is 24.0 Å². The average Bonchev–Trinajstić information content (AvgIpc) is 3.31. The van der Waals surface area contributed by atoms with Gasteiger partial charge in [-0.2, -0.15) is 5.10 Å². The minimum atomic E-state index is -0.145. The number of nitrogens with zero attached hydrogens (tertiary/aromatic N) is 4. The summed E-state index contributed by atoms with van der Waals surface area (Å²) in [6.07, 6.45) is 10.4. The van der Waals surface area contributed by atoms with Crippen LogP contribution in [0.3, 0.4) is 0 Å². The number of anilines is 1. The fourth-order valence-electron chi connectivity index (χ4n) is 3.26. The van der Waals surface area contributed by atoms with Crippen LogP contribution in [0.5, 0.6) is 0 Å². The summed E-state index contributed by atoms with van der Waals surface area (Å²) in [5.74, 6) is 3.57. The SMILES string of the molecule is C#Cc1cccc(NC(=O)CNC(=NC)N2CCC(c3cnn(C)c3)C2)c1.I. The number of guanidine groups is 1. The number of carbonyl (C=O) groups excluding carboxylic acids is 1. The highest BCUT2D eigenvalue weighted by atomic mass is 127. The molecule has 1 saturated heterocycles. The highest BCUT2D eigenvalue weighted by molar-refractivity contribution is 14.0. The van der Waals surface area contributed by atoms with Gasteiger partial charge in [0, 0.05) is 50.6 Å². The van der Waals surface area contributed by atoms with Crippen LogP contribution in [-0.4, -0.2) is 53.2 Å². The number of hydrogen-bond donors (Lipinski definition) is 2. The van der Waals surface area contributed by atoms with Gasteiger partial charge < -0.3 is 15.5 Å². The van der Waals surface area contributed by atoms with Gasteiger partial charge in [-0.3, -0.25) is 14.5 Å². The van der Waals surface area contributed by atoms with Crippen molar-refractivity contribution < 1.29 is 4.79 Å². The number of halogens is 1. The summed E-state index contributed by atoms with van der Waals surface area (Å²) in [6.45, 7) is 1.89. The molecule has 1 aromatic heterocycles. The molecule has 148 valence electrons. The van der Waals surface area contributed by atoms with Crippen molar-refractivity contribution in [2.24, 2.45) is 12.0 Å². The van der Waals surface area contributed by atoms with Crippen LogP contribution in [0.15, 0.2) is 41.7 Å². The molecule has 1 atom stereocenters. The van der Waals surface area contributed by atoms with E-state index in [1.165, 1.54) is 5.56 Å². The van der Waals surface area contributed by atoms with E-state index < -0.39 is 0 Å². The maximum absolute atomic E-state index is 12.2. The predicted octanol–water partition coefficient (Wildman–Crippen LogP) is 2.02. The molecule has 0 spiro atoms. The van der Waals surface area contributed by atoms with Gasteiger partial charge in [0.05, 0.1) is 12.7 Å². The van der Waals surface area contributed by atoms with Gasteiger partial charge in [0.1, 0.15) is 0 Å². The Bertz CT molecular complexity index is 885. The van der Waals surface area contributed by atoms with E-state index >= 15 is 0 Å². The monoisotopic (exact) mass is 492 g/mol. The van der Waals surface area contributed by atoms with Crippen LogP contribution in [0, 0.1) is 12.3 Å². The lowest BCUT2D eigenvalue weighted by molar-refractivity contribution is -0.115. The van der Waals surface area contributed by atoms with Crippen molar-refractivity contribution in [3.05, 3.63) is 47.8 Å². The van der Waals surface area contributed by atoms with E-state index in [-0.39, 0.29) is 36.4 Å². The van der Waals surface area contributed by atoms with Crippen molar-refractivity contribution >= 4 is 41.5 Å². The van der Waals surface area contributed by atoms with Crippen LogP contribution in [-0.2, 0) is 11.8 Å². The van der Waals surface area contributed by atoms with Gasteiger partial charge >= 0.3 is 0 Å². The van der Waals surface area contributed by atoms with Gasteiger partial charge in [0.2, 0.25) is 5.91 Å². The number of aryl methyl sites for hydroxylation is 1. The molecule has 1 aliphatic rings. The molecule has 8 heteroatoms. The highest BCUT2D eigenvalue weighted by Gasteiger charge is 2.27. The van der Waals surface area contributed by atoms with E-state index in [1.54, 1.807) is 13.1 Å². The molecular formula is C20H25IN6O. The summed E-state index contributed by atoms with van der Waals surface area (Å²) in [4.78, 5) is 18.7. The maximum atomic E-state index is 12.2. The molecule has 3 rings (SSSR count). The number of likely N-dealkylation sites (tertiary alicyclic amines) is 1. The number of nitrogens with one attached hydrogen (secondary N) is 2. The number of terminal acetylenes is 1. The zero-order valence-electron chi connectivity index (χ0n) is 16.1. The second-order valence-electron chi connectivity index (χ2n) is 6.55. The number of benzene rings is 1. The van der Waals surface area contributed by atoms with E-state index in [0.29, 0.717) is 11.6 Å². The molecular weight excluding hydrogens is 467 g/mol. The lowest BCUT2D eigenvalue weighted by Crippen LogP contribution is -2.43. The fourth-order valence-corrected chi connectivity index (χ4v) is 3.26. The van der Waals surface area contributed by atoms with Gasteiger partial charge in [0.15, 0.2) is 5.96 Å². The fraction of sp³-hybridized carbons (Fsp3) is 0.350. The highest BCUT2D eigenvalue weighted by Crippen LogP contribution is 2.26. The van der Waals surface area contributed by atoms with Crippen molar-refractivity contribution in [3.63, 3.8) is 0 Å². The molecule has 1 unspecified atom stereocenters. The molecule has 1 aliphatic heterocycles. The minimum absolute atomic E-state index is 0. The van der Waals surface area contributed by atoms with Crippen molar-refractivity contribution in [2.45, 2.75) is 12.3 Å². The number of aromatic nitrogens is 2. The van der Waals surface area contributed by atoms with E-state index in [1.807, 2.05) is 36.1 Å². The molecule has 2 aromatic rings. The number of rotatable bonds is 4.